The number of halogens is 2. The lowest BCUT2D eigenvalue weighted by atomic mass is 10.0. The first-order valence-electron chi connectivity index (χ1n) is 9.23. The summed E-state index contributed by atoms with van der Waals surface area (Å²) in [6.07, 6.45) is 1.91. The summed E-state index contributed by atoms with van der Waals surface area (Å²) in [4.78, 5) is 15.6. The van der Waals surface area contributed by atoms with Gasteiger partial charge in [-0.3, -0.25) is 4.79 Å². The quantitative estimate of drug-likeness (QED) is 0.678. The van der Waals surface area contributed by atoms with E-state index in [1.807, 2.05) is 30.3 Å². The Labute approximate surface area is 160 Å². The van der Waals surface area contributed by atoms with Gasteiger partial charge in [0.25, 0.3) is 0 Å². The van der Waals surface area contributed by atoms with E-state index in [-0.39, 0.29) is 12.3 Å². The highest BCUT2D eigenvalue weighted by Crippen LogP contribution is 2.31. The second-order valence-electron chi connectivity index (χ2n) is 6.71. The van der Waals surface area contributed by atoms with Gasteiger partial charge in [0.15, 0.2) is 0 Å². The van der Waals surface area contributed by atoms with Crippen molar-refractivity contribution < 1.29 is 13.6 Å². The van der Waals surface area contributed by atoms with E-state index < -0.39 is 11.6 Å². The van der Waals surface area contributed by atoms with Crippen molar-refractivity contribution >= 4 is 11.6 Å². The Bertz CT molecular complexity index is 990. The lowest BCUT2D eigenvalue weighted by molar-refractivity contribution is -0.118. The predicted molar refractivity (Wildman–Crippen MR) is 99.5 cm³/mol. The topological polar surface area (TPSA) is 63.9 Å². The Hall–Kier alpha value is -3.16. The van der Waals surface area contributed by atoms with Crippen LogP contribution in [0.15, 0.2) is 42.5 Å². The number of benzene rings is 2. The third-order valence-electron chi connectivity index (χ3n) is 4.77. The first-order chi connectivity index (χ1) is 13.6. The molecule has 0 fully saturated rings. The van der Waals surface area contributed by atoms with E-state index in [1.54, 1.807) is 0 Å². The van der Waals surface area contributed by atoms with Crippen molar-refractivity contribution in [3.05, 3.63) is 59.7 Å². The fourth-order valence-corrected chi connectivity index (χ4v) is 3.42. The van der Waals surface area contributed by atoms with Crippen LogP contribution in [0.4, 0.5) is 14.5 Å². The molecule has 1 amide bonds. The van der Waals surface area contributed by atoms with Crippen molar-refractivity contribution in [3.8, 4) is 11.4 Å². The molecule has 4 rings (SSSR count). The van der Waals surface area contributed by atoms with Crippen molar-refractivity contribution in [3.63, 3.8) is 0 Å². The summed E-state index contributed by atoms with van der Waals surface area (Å²) in [5.41, 5.74) is 1.63. The van der Waals surface area contributed by atoms with E-state index >= 15 is 0 Å². The van der Waals surface area contributed by atoms with Gasteiger partial charge in [-0.2, -0.15) is 4.80 Å². The Morgan fingerprint density at radius 1 is 1.14 bits per heavy atom. The van der Waals surface area contributed by atoms with Gasteiger partial charge in [0.05, 0.1) is 12.2 Å². The summed E-state index contributed by atoms with van der Waals surface area (Å²) in [7, 11) is 0. The van der Waals surface area contributed by atoms with Crippen LogP contribution in [0, 0.1) is 11.6 Å². The monoisotopic (exact) mass is 383 g/mol. The normalized spacial score (nSPS) is 13.4. The van der Waals surface area contributed by atoms with Crippen LogP contribution in [0.5, 0.6) is 0 Å². The Morgan fingerprint density at radius 3 is 2.79 bits per heavy atom. The van der Waals surface area contributed by atoms with Gasteiger partial charge in [-0.25, -0.2) is 8.78 Å². The Kier molecular flexibility index (Phi) is 5.10. The molecule has 1 aliphatic heterocycles. The van der Waals surface area contributed by atoms with Crippen molar-refractivity contribution in [2.45, 2.75) is 32.2 Å². The smallest absolute Gasteiger partial charge is 0.227 e. The van der Waals surface area contributed by atoms with Crippen LogP contribution in [-0.4, -0.2) is 32.7 Å². The van der Waals surface area contributed by atoms with Gasteiger partial charge in [-0.05, 0) is 30.5 Å². The maximum atomic E-state index is 14.0. The third-order valence-corrected chi connectivity index (χ3v) is 4.77. The molecule has 0 bridgehead atoms. The number of carbonyl (C=O) groups is 1. The van der Waals surface area contributed by atoms with Gasteiger partial charge in [0.2, 0.25) is 11.7 Å². The number of hydrogen-bond donors (Lipinski definition) is 0. The molecule has 0 saturated heterocycles. The van der Waals surface area contributed by atoms with Crippen LogP contribution in [0.2, 0.25) is 0 Å². The Balaban J connectivity index is 1.38. The molecular weight excluding hydrogens is 364 g/mol. The molecule has 3 aromatic rings. The number of anilines is 1. The molecule has 0 N–H and O–H groups in total. The van der Waals surface area contributed by atoms with Gasteiger partial charge >= 0.3 is 0 Å². The van der Waals surface area contributed by atoms with Crippen LogP contribution in [-0.2, 0) is 17.8 Å². The Morgan fingerprint density at radius 2 is 1.96 bits per heavy atom. The van der Waals surface area contributed by atoms with Gasteiger partial charge < -0.3 is 4.90 Å². The number of hydrogen-bond acceptors (Lipinski definition) is 4. The number of tetrazole rings is 1. The summed E-state index contributed by atoms with van der Waals surface area (Å²) < 4.78 is 27.6. The minimum atomic E-state index is -0.670. The molecule has 8 heteroatoms. The maximum Gasteiger partial charge on any atom is 0.227 e. The SMILES string of the molecule is O=C(CCCn1nnc(-c2ccccc2)n1)N1CCCc2c(F)cc(F)cc21. The first kappa shape index (κ1) is 18.2. The lowest BCUT2D eigenvalue weighted by Crippen LogP contribution is -2.36. The van der Waals surface area contributed by atoms with E-state index in [0.717, 1.165) is 11.6 Å². The number of carbonyl (C=O) groups excluding carboxylic acids is 1. The number of amides is 1. The van der Waals surface area contributed by atoms with E-state index in [1.165, 1.54) is 15.8 Å². The highest BCUT2D eigenvalue weighted by atomic mass is 19.1. The number of aryl methyl sites for hydroxylation is 1. The molecule has 0 aliphatic carbocycles. The van der Waals surface area contributed by atoms with Crippen LogP contribution in [0.3, 0.4) is 0 Å². The van der Waals surface area contributed by atoms with E-state index in [0.29, 0.717) is 49.4 Å². The van der Waals surface area contributed by atoms with E-state index in [2.05, 4.69) is 15.4 Å². The molecule has 0 spiro atoms. The van der Waals surface area contributed by atoms with Crippen molar-refractivity contribution in [1.82, 2.24) is 20.2 Å². The minimum absolute atomic E-state index is 0.158. The predicted octanol–water partition coefficient (Wildman–Crippen LogP) is 3.38. The second-order valence-corrected chi connectivity index (χ2v) is 6.71. The summed E-state index contributed by atoms with van der Waals surface area (Å²) in [6.45, 7) is 0.901. The molecule has 0 atom stereocenters. The zero-order chi connectivity index (χ0) is 19.5. The fraction of sp³-hybridized carbons (Fsp3) is 0.300. The van der Waals surface area contributed by atoms with Crippen molar-refractivity contribution in [2.75, 3.05) is 11.4 Å². The van der Waals surface area contributed by atoms with E-state index in [9.17, 15) is 13.6 Å². The molecule has 1 aromatic heterocycles. The number of fused-ring (bicyclic) bond motifs is 1. The first-order valence-corrected chi connectivity index (χ1v) is 9.23. The van der Waals surface area contributed by atoms with Gasteiger partial charge in [0.1, 0.15) is 11.6 Å². The molecular formula is C20H19F2N5O. The van der Waals surface area contributed by atoms with Gasteiger partial charge in [-0.1, -0.05) is 30.3 Å². The number of nitrogens with zero attached hydrogens (tertiary/aromatic N) is 5. The summed E-state index contributed by atoms with van der Waals surface area (Å²) >= 11 is 0. The molecule has 2 heterocycles. The molecule has 1 aliphatic rings. The second kappa shape index (κ2) is 7.84. The average molecular weight is 383 g/mol. The molecule has 0 saturated carbocycles. The highest BCUT2D eigenvalue weighted by Gasteiger charge is 2.25. The van der Waals surface area contributed by atoms with Crippen LogP contribution in [0.1, 0.15) is 24.8 Å². The van der Waals surface area contributed by atoms with Crippen LogP contribution < -0.4 is 4.90 Å². The van der Waals surface area contributed by atoms with Crippen LogP contribution >= 0.6 is 0 Å². The standard InChI is InChI=1S/C20H19F2N5O/c21-15-12-17(22)16-8-4-10-26(18(16)13-15)19(28)9-5-11-27-24-20(23-25-27)14-6-2-1-3-7-14/h1-3,6-7,12-13H,4-5,8-11H2. The van der Waals surface area contributed by atoms with E-state index in [4.69, 9.17) is 0 Å². The zero-order valence-electron chi connectivity index (χ0n) is 15.2. The van der Waals surface area contributed by atoms with Gasteiger partial charge in [0, 0.05) is 30.2 Å². The molecule has 144 valence electrons. The third kappa shape index (κ3) is 3.76. The van der Waals surface area contributed by atoms with Crippen LogP contribution in [0.25, 0.3) is 11.4 Å². The largest absolute Gasteiger partial charge is 0.312 e. The minimum Gasteiger partial charge on any atom is -0.312 e. The van der Waals surface area contributed by atoms with Crippen molar-refractivity contribution in [2.24, 2.45) is 0 Å². The molecule has 6 nitrogen and oxygen atoms in total. The molecule has 28 heavy (non-hydrogen) atoms. The fourth-order valence-electron chi connectivity index (χ4n) is 3.42. The molecule has 2 aromatic carbocycles. The number of aromatic nitrogens is 4. The van der Waals surface area contributed by atoms with Gasteiger partial charge in [-0.15, -0.1) is 10.2 Å². The summed E-state index contributed by atoms with van der Waals surface area (Å²) in [6, 6.07) is 11.6. The number of rotatable bonds is 5. The summed E-state index contributed by atoms with van der Waals surface area (Å²) in [5, 5.41) is 12.4. The average Bonchev–Trinajstić information content (AvgIpc) is 3.17. The lowest BCUT2D eigenvalue weighted by Gasteiger charge is -2.29. The summed E-state index contributed by atoms with van der Waals surface area (Å²) in [5.74, 6) is -0.888. The molecule has 0 unspecified atom stereocenters. The zero-order valence-corrected chi connectivity index (χ0v) is 15.2. The molecule has 0 radical (unpaired) electrons. The van der Waals surface area contributed by atoms with Crippen molar-refractivity contribution in [1.29, 1.82) is 0 Å². The highest BCUT2D eigenvalue weighted by molar-refractivity contribution is 5.94. The maximum absolute atomic E-state index is 14.0.